The summed E-state index contributed by atoms with van der Waals surface area (Å²) >= 11 is 1.35. The second kappa shape index (κ2) is 9.11. The molecule has 0 aromatic heterocycles. The molecule has 0 bridgehead atoms. The van der Waals surface area contributed by atoms with Gasteiger partial charge in [-0.05, 0) is 16.7 Å². The molecule has 4 aromatic rings. The monoisotopic (exact) mass is 415 g/mol. The fourth-order valence-electron chi connectivity index (χ4n) is 3.37. The van der Waals surface area contributed by atoms with E-state index in [1.54, 1.807) is 0 Å². The molecule has 0 spiro atoms. The van der Waals surface area contributed by atoms with E-state index in [4.69, 9.17) is 0 Å². The van der Waals surface area contributed by atoms with E-state index in [1.165, 1.54) is 11.8 Å². The molecule has 2 N–H and O–H groups in total. The summed E-state index contributed by atoms with van der Waals surface area (Å²) in [6, 6.07) is 28.0. The Morgan fingerprint density at radius 3 is 1.87 bits per heavy atom. The third-order valence-electron chi connectivity index (χ3n) is 5.01. The SMILES string of the molecule is O=c1c(N[C@@H](c2ccccc2)[C@H](O)c2ccccc2)c(SCc2ccccc2)c1=O. The van der Waals surface area contributed by atoms with Crippen molar-refractivity contribution in [3.05, 3.63) is 128 Å². The van der Waals surface area contributed by atoms with Gasteiger partial charge in [-0.15, -0.1) is 11.8 Å². The molecule has 0 aliphatic rings. The van der Waals surface area contributed by atoms with Crippen molar-refractivity contribution in [2.75, 3.05) is 5.32 Å². The fraction of sp³-hybridized carbons (Fsp3) is 0.120. The van der Waals surface area contributed by atoms with E-state index in [-0.39, 0.29) is 5.69 Å². The smallest absolute Gasteiger partial charge is 0.251 e. The third kappa shape index (κ3) is 4.22. The molecule has 0 saturated carbocycles. The van der Waals surface area contributed by atoms with Crippen molar-refractivity contribution >= 4 is 17.4 Å². The van der Waals surface area contributed by atoms with Gasteiger partial charge in [0.15, 0.2) is 0 Å². The van der Waals surface area contributed by atoms with Gasteiger partial charge in [-0.1, -0.05) is 91.0 Å². The van der Waals surface area contributed by atoms with Crippen LogP contribution in [0.15, 0.2) is 105 Å². The summed E-state index contributed by atoms with van der Waals surface area (Å²) in [6.07, 6.45) is -0.884. The Morgan fingerprint density at radius 2 is 1.27 bits per heavy atom. The maximum Gasteiger partial charge on any atom is 0.251 e. The summed E-state index contributed by atoms with van der Waals surface area (Å²) < 4.78 is 0. The lowest BCUT2D eigenvalue weighted by Gasteiger charge is -2.27. The highest BCUT2D eigenvalue weighted by molar-refractivity contribution is 7.98. The van der Waals surface area contributed by atoms with Crippen LogP contribution in [0, 0.1) is 0 Å². The Hall–Kier alpha value is -3.15. The van der Waals surface area contributed by atoms with E-state index in [1.807, 2.05) is 91.0 Å². The number of aliphatic hydroxyl groups excluding tert-OH is 1. The first-order valence-electron chi connectivity index (χ1n) is 9.69. The first-order chi connectivity index (χ1) is 14.6. The predicted octanol–water partition coefficient (Wildman–Crippen LogP) is 4.46. The molecule has 30 heavy (non-hydrogen) atoms. The Kier molecular flexibility index (Phi) is 6.12. The Balaban J connectivity index is 1.61. The van der Waals surface area contributed by atoms with Crippen LogP contribution in [0.2, 0.25) is 0 Å². The average molecular weight is 416 g/mol. The minimum atomic E-state index is -0.884. The van der Waals surface area contributed by atoms with Gasteiger partial charge in [-0.3, -0.25) is 9.59 Å². The number of aliphatic hydroxyl groups is 1. The molecule has 0 amide bonds. The van der Waals surface area contributed by atoms with Crippen molar-refractivity contribution in [3.63, 3.8) is 0 Å². The van der Waals surface area contributed by atoms with Crippen LogP contribution in [-0.4, -0.2) is 5.11 Å². The number of anilines is 1. The van der Waals surface area contributed by atoms with Gasteiger partial charge in [0.25, 0.3) is 5.43 Å². The molecule has 0 radical (unpaired) electrons. The normalized spacial score (nSPS) is 13.1. The van der Waals surface area contributed by atoms with Gasteiger partial charge in [0.05, 0.1) is 10.9 Å². The number of hydrogen-bond donors (Lipinski definition) is 2. The number of thioether (sulfide) groups is 1. The number of rotatable bonds is 8. The topological polar surface area (TPSA) is 66.4 Å². The molecule has 4 rings (SSSR count). The van der Waals surface area contributed by atoms with Gasteiger partial charge in [0.1, 0.15) is 11.8 Å². The van der Waals surface area contributed by atoms with Crippen molar-refractivity contribution in [1.29, 1.82) is 0 Å². The molecule has 0 aliphatic carbocycles. The maximum absolute atomic E-state index is 12.3. The fourth-order valence-corrected chi connectivity index (χ4v) is 4.40. The van der Waals surface area contributed by atoms with Gasteiger partial charge in [-0.25, -0.2) is 0 Å². The van der Waals surface area contributed by atoms with E-state index >= 15 is 0 Å². The minimum Gasteiger partial charge on any atom is -0.386 e. The lowest BCUT2D eigenvalue weighted by molar-refractivity contribution is 0.154. The molecule has 150 valence electrons. The zero-order chi connectivity index (χ0) is 20.9. The van der Waals surface area contributed by atoms with E-state index in [9.17, 15) is 14.7 Å². The van der Waals surface area contributed by atoms with E-state index < -0.39 is 23.0 Å². The van der Waals surface area contributed by atoms with Crippen LogP contribution in [0.4, 0.5) is 5.69 Å². The number of hydrogen-bond acceptors (Lipinski definition) is 5. The molecule has 0 fully saturated rings. The van der Waals surface area contributed by atoms with Gasteiger partial charge in [-0.2, -0.15) is 0 Å². The highest BCUT2D eigenvalue weighted by atomic mass is 32.2. The lowest BCUT2D eigenvalue weighted by Crippen LogP contribution is -2.38. The highest BCUT2D eigenvalue weighted by Gasteiger charge is 2.28. The van der Waals surface area contributed by atoms with Crippen LogP contribution in [0.5, 0.6) is 0 Å². The third-order valence-corrected chi connectivity index (χ3v) is 6.16. The summed E-state index contributed by atoms with van der Waals surface area (Å²) in [7, 11) is 0. The zero-order valence-corrected chi connectivity index (χ0v) is 17.0. The molecule has 2 atom stereocenters. The standard InChI is InChI=1S/C25H21NO3S/c27-22(19-14-8-3-9-15-19)20(18-12-6-2-7-13-18)26-21-23(28)24(29)25(21)30-16-17-10-4-1-5-11-17/h1-15,20,22,26-27H,16H2/t20-,22+/m0/s1. The molecule has 5 heteroatoms. The molecular weight excluding hydrogens is 394 g/mol. The van der Waals surface area contributed by atoms with Crippen molar-refractivity contribution in [2.45, 2.75) is 22.8 Å². The molecule has 4 aromatic carbocycles. The molecule has 0 aliphatic heterocycles. The lowest BCUT2D eigenvalue weighted by atomic mass is 9.95. The Bertz CT molecular complexity index is 1170. The largest absolute Gasteiger partial charge is 0.386 e. The molecule has 0 saturated heterocycles. The zero-order valence-electron chi connectivity index (χ0n) is 16.2. The summed E-state index contributed by atoms with van der Waals surface area (Å²) in [5.74, 6) is 0.595. The summed E-state index contributed by atoms with van der Waals surface area (Å²) in [5.41, 5.74) is 1.92. The van der Waals surface area contributed by atoms with Crippen LogP contribution in [0.3, 0.4) is 0 Å². The minimum absolute atomic E-state index is 0.282. The number of nitrogens with one attached hydrogen (secondary N) is 1. The van der Waals surface area contributed by atoms with Gasteiger partial charge in [0.2, 0.25) is 5.43 Å². The number of benzene rings is 3. The van der Waals surface area contributed by atoms with Crippen LogP contribution >= 0.6 is 11.8 Å². The van der Waals surface area contributed by atoms with Crippen LogP contribution in [-0.2, 0) is 5.75 Å². The molecule has 0 heterocycles. The maximum atomic E-state index is 12.3. The van der Waals surface area contributed by atoms with E-state index in [0.717, 1.165) is 16.7 Å². The predicted molar refractivity (Wildman–Crippen MR) is 122 cm³/mol. The highest BCUT2D eigenvalue weighted by Crippen LogP contribution is 2.34. The Morgan fingerprint density at radius 1 is 0.733 bits per heavy atom. The van der Waals surface area contributed by atoms with Crippen molar-refractivity contribution in [2.24, 2.45) is 0 Å². The molecule has 4 nitrogen and oxygen atoms in total. The summed E-state index contributed by atoms with van der Waals surface area (Å²) in [5, 5.41) is 14.2. The molecule has 0 unspecified atom stereocenters. The van der Waals surface area contributed by atoms with Crippen LogP contribution in [0.1, 0.15) is 28.8 Å². The summed E-state index contributed by atoms with van der Waals surface area (Å²) in [4.78, 5) is 25.0. The molecular formula is C25H21NO3S. The van der Waals surface area contributed by atoms with E-state index in [0.29, 0.717) is 10.6 Å². The van der Waals surface area contributed by atoms with Crippen molar-refractivity contribution < 1.29 is 5.11 Å². The first kappa shape index (κ1) is 20.1. The first-order valence-corrected chi connectivity index (χ1v) is 10.7. The van der Waals surface area contributed by atoms with E-state index in [2.05, 4.69) is 5.32 Å². The average Bonchev–Trinajstić information content (AvgIpc) is 2.82. The second-order valence-corrected chi connectivity index (χ2v) is 8.01. The van der Waals surface area contributed by atoms with Crippen LogP contribution in [0.25, 0.3) is 0 Å². The van der Waals surface area contributed by atoms with Crippen LogP contribution < -0.4 is 16.2 Å². The van der Waals surface area contributed by atoms with Gasteiger partial charge in [0, 0.05) is 5.75 Å². The van der Waals surface area contributed by atoms with Gasteiger partial charge < -0.3 is 10.4 Å². The van der Waals surface area contributed by atoms with Gasteiger partial charge >= 0.3 is 0 Å². The summed E-state index contributed by atoms with van der Waals surface area (Å²) in [6.45, 7) is 0. The Labute approximate surface area is 178 Å². The quantitative estimate of drug-likeness (QED) is 0.329. The van der Waals surface area contributed by atoms with Crippen molar-refractivity contribution in [1.82, 2.24) is 0 Å². The van der Waals surface area contributed by atoms with Crippen molar-refractivity contribution in [3.8, 4) is 0 Å². The second-order valence-electron chi connectivity index (χ2n) is 7.02.